The van der Waals surface area contributed by atoms with Crippen LogP contribution >= 0.6 is 34.5 Å². The summed E-state index contributed by atoms with van der Waals surface area (Å²) in [5.41, 5.74) is 1.55. The standard InChI is InChI=1S/C17H13Cl2NO4S/c1-8-9(7-14(21)22)15-10(3-4-11(24-2)16(15)19)20(8)17(23)12-5-6-13(18)25-12/h3-6H,7H2,1-2H3,(H,21,22). The van der Waals surface area contributed by atoms with E-state index in [1.165, 1.54) is 11.7 Å². The number of halogens is 2. The zero-order valence-corrected chi connectivity index (χ0v) is 15.6. The number of thiophene rings is 1. The monoisotopic (exact) mass is 397 g/mol. The molecular weight excluding hydrogens is 385 g/mol. The Morgan fingerprint density at radius 1 is 1.24 bits per heavy atom. The van der Waals surface area contributed by atoms with Gasteiger partial charge in [-0.2, -0.15) is 0 Å². The SMILES string of the molecule is COc1ccc2c(c1Cl)c(CC(=O)O)c(C)n2C(=O)c1ccc(Cl)s1. The Hall–Kier alpha value is -2.02. The van der Waals surface area contributed by atoms with Crippen LogP contribution in [-0.2, 0) is 11.2 Å². The van der Waals surface area contributed by atoms with Crippen LogP contribution in [0.15, 0.2) is 24.3 Å². The van der Waals surface area contributed by atoms with Gasteiger partial charge in [0.1, 0.15) is 5.75 Å². The maximum Gasteiger partial charge on any atom is 0.307 e. The van der Waals surface area contributed by atoms with Crippen molar-refractivity contribution in [2.75, 3.05) is 7.11 Å². The lowest BCUT2D eigenvalue weighted by Crippen LogP contribution is -2.12. The van der Waals surface area contributed by atoms with Gasteiger partial charge < -0.3 is 9.84 Å². The first-order valence-electron chi connectivity index (χ1n) is 7.23. The van der Waals surface area contributed by atoms with E-state index in [1.807, 2.05) is 0 Å². The summed E-state index contributed by atoms with van der Waals surface area (Å²) in [6.45, 7) is 1.70. The second-order valence-electron chi connectivity index (χ2n) is 5.35. The number of fused-ring (bicyclic) bond motifs is 1. The van der Waals surface area contributed by atoms with Crippen molar-refractivity contribution >= 4 is 57.3 Å². The van der Waals surface area contributed by atoms with Crippen LogP contribution in [0.2, 0.25) is 9.36 Å². The molecule has 0 saturated carbocycles. The number of methoxy groups -OCH3 is 1. The number of hydrogen-bond donors (Lipinski definition) is 1. The number of carbonyl (C=O) groups excluding carboxylic acids is 1. The quantitative estimate of drug-likeness (QED) is 0.695. The minimum absolute atomic E-state index is 0.249. The molecule has 0 aliphatic heterocycles. The fourth-order valence-corrected chi connectivity index (χ4v) is 4.17. The highest BCUT2D eigenvalue weighted by Crippen LogP contribution is 2.38. The van der Waals surface area contributed by atoms with Crippen molar-refractivity contribution in [2.24, 2.45) is 0 Å². The summed E-state index contributed by atoms with van der Waals surface area (Å²) in [6.07, 6.45) is -0.249. The van der Waals surface area contributed by atoms with Crippen molar-refractivity contribution in [1.82, 2.24) is 4.57 Å². The first kappa shape index (κ1) is 17.8. The number of carbonyl (C=O) groups is 2. The van der Waals surface area contributed by atoms with Crippen LogP contribution in [0.1, 0.15) is 20.9 Å². The molecule has 0 aliphatic carbocycles. The van der Waals surface area contributed by atoms with E-state index in [2.05, 4.69) is 0 Å². The summed E-state index contributed by atoms with van der Waals surface area (Å²) in [7, 11) is 1.48. The molecule has 3 rings (SSSR count). The van der Waals surface area contributed by atoms with Crippen molar-refractivity contribution in [3.63, 3.8) is 0 Å². The summed E-state index contributed by atoms with van der Waals surface area (Å²) < 4.78 is 7.20. The van der Waals surface area contributed by atoms with E-state index in [-0.39, 0.29) is 17.4 Å². The predicted molar refractivity (Wildman–Crippen MR) is 98.6 cm³/mol. The third-order valence-electron chi connectivity index (χ3n) is 3.93. The number of nitrogens with zero attached hydrogens (tertiary/aromatic N) is 1. The smallest absolute Gasteiger partial charge is 0.307 e. The van der Waals surface area contributed by atoms with E-state index in [1.54, 1.807) is 31.2 Å². The van der Waals surface area contributed by atoms with Crippen LogP contribution in [0.25, 0.3) is 10.9 Å². The molecule has 3 aromatic rings. The highest BCUT2D eigenvalue weighted by atomic mass is 35.5. The molecule has 130 valence electrons. The first-order valence-corrected chi connectivity index (χ1v) is 8.80. The molecule has 2 heterocycles. The molecule has 0 aliphatic rings. The van der Waals surface area contributed by atoms with E-state index in [4.69, 9.17) is 27.9 Å². The molecule has 0 bridgehead atoms. The largest absolute Gasteiger partial charge is 0.495 e. The van der Waals surface area contributed by atoms with Crippen LogP contribution in [0.3, 0.4) is 0 Å². The molecule has 2 aromatic heterocycles. The van der Waals surface area contributed by atoms with Gasteiger partial charge in [0.25, 0.3) is 5.91 Å². The van der Waals surface area contributed by atoms with Crippen molar-refractivity contribution in [1.29, 1.82) is 0 Å². The van der Waals surface area contributed by atoms with Gasteiger partial charge in [-0.3, -0.25) is 14.2 Å². The number of carboxylic acid groups (broad SMARTS) is 1. The third-order valence-corrected chi connectivity index (χ3v) is 5.53. The van der Waals surface area contributed by atoms with Gasteiger partial charge >= 0.3 is 5.97 Å². The van der Waals surface area contributed by atoms with Crippen molar-refractivity contribution in [3.8, 4) is 5.75 Å². The normalized spacial score (nSPS) is 11.0. The van der Waals surface area contributed by atoms with Crippen LogP contribution in [0.5, 0.6) is 5.75 Å². The third kappa shape index (κ3) is 3.01. The lowest BCUT2D eigenvalue weighted by Gasteiger charge is -2.07. The van der Waals surface area contributed by atoms with Gasteiger partial charge in [-0.25, -0.2) is 0 Å². The number of carboxylic acids is 1. The minimum Gasteiger partial charge on any atom is -0.495 e. The average molecular weight is 398 g/mol. The van der Waals surface area contributed by atoms with E-state index in [0.29, 0.717) is 37.1 Å². The summed E-state index contributed by atoms with van der Waals surface area (Å²) in [6, 6.07) is 6.64. The second kappa shape index (κ2) is 6.71. The predicted octanol–water partition coefficient (Wildman–Crippen LogP) is 4.64. The summed E-state index contributed by atoms with van der Waals surface area (Å²) >= 11 is 13.5. The first-order chi connectivity index (χ1) is 11.8. The van der Waals surface area contributed by atoms with Crippen molar-refractivity contribution < 1.29 is 19.4 Å². The fourth-order valence-electron chi connectivity index (χ4n) is 2.84. The van der Waals surface area contributed by atoms with Gasteiger partial charge in [-0.15, -0.1) is 11.3 Å². The minimum atomic E-state index is -1.01. The topological polar surface area (TPSA) is 68.5 Å². The molecule has 0 saturated heterocycles. The van der Waals surface area contributed by atoms with Gasteiger partial charge in [0.15, 0.2) is 0 Å². The van der Waals surface area contributed by atoms with Crippen molar-refractivity contribution in [3.05, 3.63) is 49.8 Å². The Morgan fingerprint density at radius 2 is 1.96 bits per heavy atom. The summed E-state index contributed by atoms with van der Waals surface area (Å²) in [5, 5.41) is 10.1. The highest BCUT2D eigenvalue weighted by Gasteiger charge is 2.25. The summed E-state index contributed by atoms with van der Waals surface area (Å²) in [4.78, 5) is 24.7. The number of hydrogen-bond acceptors (Lipinski definition) is 4. The van der Waals surface area contributed by atoms with Crippen LogP contribution < -0.4 is 4.74 Å². The van der Waals surface area contributed by atoms with Crippen LogP contribution in [0, 0.1) is 6.92 Å². The Balaban J connectivity index is 2.32. The molecule has 0 atom stereocenters. The molecule has 0 fully saturated rings. The number of benzene rings is 1. The number of ether oxygens (including phenoxy) is 1. The molecular formula is C17H13Cl2NO4S. The Bertz CT molecular complexity index is 1010. The molecule has 0 radical (unpaired) electrons. The summed E-state index contributed by atoms with van der Waals surface area (Å²) in [5.74, 6) is -0.866. The maximum absolute atomic E-state index is 13.0. The molecule has 0 spiro atoms. The number of rotatable bonds is 4. The second-order valence-corrected chi connectivity index (χ2v) is 7.45. The molecule has 8 heteroatoms. The van der Waals surface area contributed by atoms with Gasteiger partial charge in [-0.1, -0.05) is 23.2 Å². The van der Waals surface area contributed by atoms with Crippen molar-refractivity contribution in [2.45, 2.75) is 13.3 Å². The fraction of sp³-hybridized carbons (Fsp3) is 0.176. The molecule has 0 unspecified atom stereocenters. The number of aliphatic carboxylic acids is 1. The maximum atomic E-state index is 13.0. The van der Waals surface area contributed by atoms with E-state index in [0.717, 1.165) is 11.3 Å². The molecule has 1 N–H and O–H groups in total. The average Bonchev–Trinajstić information content (AvgIpc) is 3.10. The Morgan fingerprint density at radius 3 is 2.52 bits per heavy atom. The van der Waals surface area contributed by atoms with Gasteiger partial charge in [0.2, 0.25) is 0 Å². The molecule has 0 amide bonds. The van der Waals surface area contributed by atoms with Crippen LogP contribution in [-0.4, -0.2) is 28.7 Å². The Labute approximate surface area is 157 Å². The lowest BCUT2D eigenvalue weighted by atomic mass is 10.1. The van der Waals surface area contributed by atoms with Gasteiger partial charge in [0.05, 0.1) is 33.3 Å². The zero-order chi connectivity index (χ0) is 18.3. The molecule has 1 aromatic carbocycles. The van der Waals surface area contributed by atoms with Gasteiger partial charge in [-0.05, 0) is 36.8 Å². The van der Waals surface area contributed by atoms with Crippen LogP contribution in [0.4, 0.5) is 0 Å². The molecule has 5 nitrogen and oxygen atoms in total. The van der Waals surface area contributed by atoms with E-state index >= 15 is 0 Å². The zero-order valence-electron chi connectivity index (χ0n) is 13.3. The van der Waals surface area contributed by atoms with E-state index < -0.39 is 5.97 Å². The van der Waals surface area contributed by atoms with E-state index in [9.17, 15) is 14.7 Å². The Kier molecular flexibility index (Phi) is 4.77. The van der Waals surface area contributed by atoms with Gasteiger partial charge in [0, 0.05) is 11.1 Å². The highest BCUT2D eigenvalue weighted by molar-refractivity contribution is 7.18. The molecule has 25 heavy (non-hydrogen) atoms. The number of aromatic nitrogens is 1. The lowest BCUT2D eigenvalue weighted by molar-refractivity contribution is -0.136.